The average molecular weight is 1240 g/mol. The molecule has 6 N–H and O–H groups in total. The lowest BCUT2D eigenvalue weighted by Crippen LogP contribution is -2.60. The highest BCUT2D eigenvalue weighted by Crippen LogP contribution is 2.24. The first kappa shape index (κ1) is 83.4. The van der Waals surface area contributed by atoms with E-state index in [0.29, 0.717) is 19.4 Å². The zero-order valence-corrected chi connectivity index (χ0v) is 57.5. The standard InChI is InChI=1S/C76H147NO10/c1-3-5-7-9-11-13-15-16-41-44-48-52-56-60-64-72(81)85-65-61-57-53-49-45-42-39-37-35-33-31-29-27-25-23-21-19-17-18-20-22-24-26-28-30-32-34-36-38-40-43-47-51-55-59-63-71(80)77-68(67-86-76-75(84)74(83)73(82)70(66-78)87-76)69(79)62-58-54-50-46-14-12-10-8-6-4-2/h58,62,68-70,73-76,78-79,82-84H,3-57,59-61,63-67H2,1-2H3,(H,77,80)/b62-58+. The molecule has 0 saturated carbocycles. The molecule has 87 heavy (non-hydrogen) atoms. The number of rotatable bonds is 69. The third kappa shape index (κ3) is 54.7. The van der Waals surface area contributed by atoms with Crippen molar-refractivity contribution in [2.24, 2.45) is 0 Å². The number of aliphatic hydroxyl groups excluding tert-OH is 5. The predicted octanol–water partition coefficient (Wildman–Crippen LogP) is 20.2. The van der Waals surface area contributed by atoms with Gasteiger partial charge in [-0.3, -0.25) is 9.59 Å². The monoisotopic (exact) mass is 1230 g/mol. The highest BCUT2D eigenvalue weighted by Gasteiger charge is 2.44. The Morgan fingerprint density at radius 3 is 1.07 bits per heavy atom. The molecule has 0 aromatic rings. The van der Waals surface area contributed by atoms with Crippen molar-refractivity contribution in [1.29, 1.82) is 0 Å². The predicted molar refractivity (Wildman–Crippen MR) is 366 cm³/mol. The molecule has 11 heteroatoms. The summed E-state index contributed by atoms with van der Waals surface area (Å²) in [7, 11) is 0. The highest BCUT2D eigenvalue weighted by atomic mass is 16.7. The SMILES string of the molecule is CCCCCCCCCC/C=C/C(O)C(COC1OC(CO)C(O)C(O)C1O)NC(=O)CCCCCCCCCCCCCCCCCCCCCCCCCCCCCCCCCCCCCOC(=O)CCCCCCCCCCCCCCCC. The van der Waals surface area contributed by atoms with Crippen LogP contribution in [0.2, 0.25) is 0 Å². The van der Waals surface area contributed by atoms with Gasteiger partial charge in [0.1, 0.15) is 24.4 Å². The molecular formula is C76H147NO10. The van der Waals surface area contributed by atoms with Crippen LogP contribution in [0.3, 0.4) is 0 Å². The summed E-state index contributed by atoms with van der Waals surface area (Å²) < 4.78 is 16.7. The summed E-state index contributed by atoms with van der Waals surface area (Å²) >= 11 is 0. The number of aliphatic hydroxyl groups is 5. The molecular weight excluding hydrogens is 1090 g/mol. The molecule has 516 valence electrons. The fourth-order valence-corrected chi connectivity index (χ4v) is 12.6. The van der Waals surface area contributed by atoms with Crippen LogP contribution in [0.4, 0.5) is 0 Å². The van der Waals surface area contributed by atoms with Gasteiger partial charge in [-0.1, -0.05) is 366 Å². The van der Waals surface area contributed by atoms with Crippen molar-refractivity contribution in [3.05, 3.63) is 12.2 Å². The second-order valence-electron chi connectivity index (χ2n) is 27.1. The van der Waals surface area contributed by atoms with Crippen LogP contribution in [0.5, 0.6) is 0 Å². The van der Waals surface area contributed by atoms with E-state index in [-0.39, 0.29) is 18.5 Å². The highest BCUT2D eigenvalue weighted by molar-refractivity contribution is 5.76. The quantitative estimate of drug-likeness (QED) is 0.0195. The molecule has 0 aromatic carbocycles. The molecule has 1 aliphatic heterocycles. The molecule has 1 amide bonds. The van der Waals surface area contributed by atoms with Gasteiger partial charge in [-0.15, -0.1) is 0 Å². The van der Waals surface area contributed by atoms with Crippen molar-refractivity contribution in [3.63, 3.8) is 0 Å². The number of ether oxygens (including phenoxy) is 3. The Morgan fingerprint density at radius 1 is 0.414 bits per heavy atom. The van der Waals surface area contributed by atoms with Crippen molar-refractivity contribution >= 4 is 11.9 Å². The van der Waals surface area contributed by atoms with E-state index in [1.54, 1.807) is 6.08 Å². The van der Waals surface area contributed by atoms with Crippen molar-refractivity contribution in [1.82, 2.24) is 5.32 Å². The van der Waals surface area contributed by atoms with Gasteiger partial charge in [0.15, 0.2) is 6.29 Å². The molecule has 1 heterocycles. The van der Waals surface area contributed by atoms with Crippen LogP contribution in [0.1, 0.15) is 399 Å². The van der Waals surface area contributed by atoms with E-state index in [9.17, 15) is 35.1 Å². The van der Waals surface area contributed by atoms with Crippen LogP contribution < -0.4 is 5.32 Å². The number of esters is 1. The Kier molecular flexibility index (Phi) is 63.2. The third-order valence-electron chi connectivity index (χ3n) is 18.7. The van der Waals surface area contributed by atoms with Gasteiger partial charge in [0.2, 0.25) is 5.91 Å². The topological polar surface area (TPSA) is 175 Å². The van der Waals surface area contributed by atoms with E-state index in [4.69, 9.17) is 14.2 Å². The second-order valence-corrected chi connectivity index (χ2v) is 27.1. The van der Waals surface area contributed by atoms with Gasteiger partial charge < -0.3 is 45.1 Å². The van der Waals surface area contributed by atoms with Crippen molar-refractivity contribution in [2.45, 2.75) is 442 Å². The summed E-state index contributed by atoms with van der Waals surface area (Å²) in [4.78, 5) is 25.1. The molecule has 7 unspecified atom stereocenters. The summed E-state index contributed by atoms with van der Waals surface area (Å²) in [5.41, 5.74) is 0. The van der Waals surface area contributed by atoms with Gasteiger partial charge >= 0.3 is 5.97 Å². The summed E-state index contributed by atoms with van der Waals surface area (Å²) in [6, 6.07) is -0.804. The summed E-state index contributed by atoms with van der Waals surface area (Å²) in [6.45, 7) is 4.38. The number of nitrogens with one attached hydrogen (secondary N) is 1. The molecule has 1 fully saturated rings. The van der Waals surface area contributed by atoms with Crippen molar-refractivity contribution < 1.29 is 49.3 Å². The fourth-order valence-electron chi connectivity index (χ4n) is 12.6. The van der Waals surface area contributed by atoms with E-state index < -0.39 is 49.5 Å². The first-order valence-corrected chi connectivity index (χ1v) is 38.5. The molecule has 0 radical (unpaired) electrons. The van der Waals surface area contributed by atoms with Gasteiger partial charge in [-0.2, -0.15) is 0 Å². The summed E-state index contributed by atoms with van der Waals surface area (Å²) in [6.07, 6.45) is 72.5. The number of allylic oxidation sites excluding steroid dienone is 1. The van der Waals surface area contributed by atoms with Gasteiger partial charge in [0.05, 0.1) is 32.0 Å². The number of hydrogen-bond acceptors (Lipinski definition) is 10. The first-order chi connectivity index (χ1) is 42.7. The van der Waals surface area contributed by atoms with E-state index in [2.05, 4.69) is 19.2 Å². The first-order valence-electron chi connectivity index (χ1n) is 38.5. The summed E-state index contributed by atoms with van der Waals surface area (Å²) in [5.74, 6) is -0.156. The smallest absolute Gasteiger partial charge is 0.305 e. The van der Waals surface area contributed by atoms with Gasteiger partial charge in [0, 0.05) is 12.8 Å². The molecule has 1 aliphatic rings. The minimum Gasteiger partial charge on any atom is -0.466 e. The fraction of sp³-hybridized carbons (Fsp3) is 0.947. The lowest BCUT2D eigenvalue weighted by molar-refractivity contribution is -0.302. The van der Waals surface area contributed by atoms with Crippen LogP contribution in [0.15, 0.2) is 12.2 Å². The largest absolute Gasteiger partial charge is 0.466 e. The van der Waals surface area contributed by atoms with Crippen molar-refractivity contribution in [3.8, 4) is 0 Å². The zero-order chi connectivity index (χ0) is 63.0. The number of unbranched alkanes of at least 4 members (excludes halogenated alkanes) is 55. The lowest BCUT2D eigenvalue weighted by atomic mass is 9.99. The molecule has 1 rings (SSSR count). The number of carbonyl (C=O) groups excluding carboxylic acids is 2. The zero-order valence-electron chi connectivity index (χ0n) is 57.5. The molecule has 11 nitrogen and oxygen atoms in total. The van der Waals surface area contributed by atoms with Crippen LogP contribution >= 0.6 is 0 Å². The van der Waals surface area contributed by atoms with Crippen LogP contribution in [-0.4, -0.2) is 100 Å². The Bertz CT molecular complexity index is 1450. The Balaban J connectivity index is 1.86. The summed E-state index contributed by atoms with van der Waals surface area (Å²) in [5, 5.41) is 54.4. The number of amides is 1. The average Bonchev–Trinajstić information content (AvgIpc) is 2.25. The maximum absolute atomic E-state index is 13.0. The van der Waals surface area contributed by atoms with E-state index in [1.165, 1.54) is 321 Å². The third-order valence-corrected chi connectivity index (χ3v) is 18.7. The molecule has 0 spiro atoms. The van der Waals surface area contributed by atoms with Crippen LogP contribution in [0, 0.1) is 0 Å². The minimum absolute atomic E-state index is 0.0191. The van der Waals surface area contributed by atoms with Crippen molar-refractivity contribution in [2.75, 3.05) is 19.8 Å². The Morgan fingerprint density at radius 2 is 0.724 bits per heavy atom. The molecule has 0 bridgehead atoms. The number of hydrogen-bond donors (Lipinski definition) is 6. The maximum atomic E-state index is 13.0. The second kappa shape index (κ2) is 65.9. The molecule has 0 aromatic heterocycles. The molecule has 0 aliphatic carbocycles. The lowest BCUT2D eigenvalue weighted by Gasteiger charge is -2.40. The van der Waals surface area contributed by atoms with Crippen LogP contribution in [0.25, 0.3) is 0 Å². The van der Waals surface area contributed by atoms with Gasteiger partial charge in [0.25, 0.3) is 0 Å². The normalized spacial score (nSPS) is 17.8. The Labute approximate surface area is 538 Å². The minimum atomic E-state index is -1.57. The Hall–Kier alpha value is -1.60. The number of carbonyl (C=O) groups is 2. The van der Waals surface area contributed by atoms with E-state index in [0.717, 1.165) is 51.4 Å². The van der Waals surface area contributed by atoms with Gasteiger partial charge in [-0.05, 0) is 32.1 Å². The maximum Gasteiger partial charge on any atom is 0.305 e. The van der Waals surface area contributed by atoms with Crippen LogP contribution in [-0.2, 0) is 23.8 Å². The molecule has 1 saturated heterocycles. The molecule has 7 atom stereocenters. The van der Waals surface area contributed by atoms with E-state index >= 15 is 0 Å². The van der Waals surface area contributed by atoms with Gasteiger partial charge in [-0.25, -0.2) is 0 Å². The van der Waals surface area contributed by atoms with E-state index in [1.807, 2.05) is 6.08 Å².